The van der Waals surface area contributed by atoms with Gasteiger partial charge in [0.05, 0.1) is 5.92 Å². The number of phenolic OH excluding ortho intramolecular Hbond substituents is 7. The van der Waals surface area contributed by atoms with Crippen LogP contribution in [0.1, 0.15) is 39.8 Å². The van der Waals surface area contributed by atoms with Gasteiger partial charge in [-0.05, 0) is 70.8 Å². The van der Waals surface area contributed by atoms with Crippen molar-refractivity contribution < 1.29 is 40.5 Å². The molecule has 0 aromatic heterocycles. The molecule has 0 saturated heterocycles. The van der Waals surface area contributed by atoms with Gasteiger partial charge in [0.1, 0.15) is 29.1 Å². The molecule has 0 aliphatic carbocycles. The van der Waals surface area contributed by atoms with Crippen molar-refractivity contribution in [1.29, 1.82) is 0 Å². The quantitative estimate of drug-likeness (QED) is 0.156. The molecular formula is C28H22O8. The van der Waals surface area contributed by atoms with E-state index in [0.29, 0.717) is 33.6 Å². The molecule has 4 aromatic carbocycles. The van der Waals surface area contributed by atoms with Gasteiger partial charge in [0.25, 0.3) is 0 Å². The van der Waals surface area contributed by atoms with E-state index in [2.05, 4.69) is 0 Å². The highest BCUT2D eigenvalue weighted by Gasteiger charge is 2.40. The molecule has 8 nitrogen and oxygen atoms in total. The number of benzene rings is 4. The highest BCUT2D eigenvalue weighted by atomic mass is 16.5. The molecule has 0 amide bonds. The fraction of sp³-hybridized carbons (Fsp3) is 0.0714. The van der Waals surface area contributed by atoms with Gasteiger partial charge in [0.2, 0.25) is 0 Å². The molecule has 1 aliphatic rings. The molecule has 182 valence electrons. The zero-order chi connectivity index (χ0) is 25.6. The first-order valence-electron chi connectivity index (χ1n) is 11.0. The van der Waals surface area contributed by atoms with E-state index in [-0.39, 0.29) is 40.2 Å². The molecule has 8 heteroatoms. The number of ether oxygens (including phenoxy) is 1. The second kappa shape index (κ2) is 8.66. The van der Waals surface area contributed by atoms with E-state index in [4.69, 9.17) is 4.74 Å². The predicted molar refractivity (Wildman–Crippen MR) is 132 cm³/mol. The second-order valence-corrected chi connectivity index (χ2v) is 8.58. The zero-order valence-electron chi connectivity index (χ0n) is 18.7. The summed E-state index contributed by atoms with van der Waals surface area (Å²) in [6.45, 7) is 0. The summed E-state index contributed by atoms with van der Waals surface area (Å²) >= 11 is 0. The summed E-state index contributed by atoms with van der Waals surface area (Å²) in [5.41, 5.74) is 2.62. The van der Waals surface area contributed by atoms with Crippen LogP contribution in [0.2, 0.25) is 0 Å². The van der Waals surface area contributed by atoms with Gasteiger partial charge in [-0.1, -0.05) is 24.3 Å². The molecular weight excluding hydrogens is 464 g/mol. The van der Waals surface area contributed by atoms with Crippen LogP contribution in [0.25, 0.3) is 12.2 Å². The van der Waals surface area contributed by atoms with Crippen molar-refractivity contribution >= 4 is 12.2 Å². The normalized spacial score (nSPS) is 16.7. The molecule has 0 spiro atoms. The van der Waals surface area contributed by atoms with Gasteiger partial charge >= 0.3 is 0 Å². The van der Waals surface area contributed by atoms with E-state index in [1.165, 1.54) is 48.5 Å². The summed E-state index contributed by atoms with van der Waals surface area (Å²) in [5.74, 6) is -1.84. The minimum atomic E-state index is -0.758. The molecule has 5 rings (SSSR count). The van der Waals surface area contributed by atoms with Crippen molar-refractivity contribution in [3.8, 4) is 46.0 Å². The number of rotatable bonds is 4. The van der Waals surface area contributed by atoms with Gasteiger partial charge in [0, 0.05) is 11.6 Å². The molecule has 0 fully saturated rings. The van der Waals surface area contributed by atoms with Crippen molar-refractivity contribution in [2.75, 3.05) is 0 Å². The highest BCUT2D eigenvalue weighted by Crippen LogP contribution is 2.54. The van der Waals surface area contributed by atoms with Crippen molar-refractivity contribution in [1.82, 2.24) is 0 Å². The number of hydrogen-bond acceptors (Lipinski definition) is 8. The zero-order valence-corrected chi connectivity index (χ0v) is 18.7. The maximum atomic E-state index is 11.0. The van der Waals surface area contributed by atoms with Crippen LogP contribution in [-0.4, -0.2) is 35.7 Å². The van der Waals surface area contributed by atoms with E-state index >= 15 is 0 Å². The lowest BCUT2D eigenvalue weighted by Gasteiger charge is -2.21. The van der Waals surface area contributed by atoms with Gasteiger partial charge in [-0.15, -0.1) is 0 Å². The maximum absolute atomic E-state index is 11.0. The number of fused-ring (bicyclic) bond motifs is 1. The molecule has 0 saturated carbocycles. The summed E-state index contributed by atoms with van der Waals surface area (Å²) in [4.78, 5) is 0. The van der Waals surface area contributed by atoms with Crippen molar-refractivity contribution in [3.63, 3.8) is 0 Å². The Bertz CT molecular complexity index is 1490. The lowest BCUT2D eigenvalue weighted by molar-refractivity contribution is 0.221. The van der Waals surface area contributed by atoms with Crippen LogP contribution in [0.4, 0.5) is 0 Å². The Kier molecular flexibility index (Phi) is 5.49. The van der Waals surface area contributed by atoms with Crippen LogP contribution in [-0.2, 0) is 0 Å². The Hall–Kier alpha value is -4.98. The summed E-state index contributed by atoms with van der Waals surface area (Å²) in [6.07, 6.45) is 2.63. The van der Waals surface area contributed by atoms with Crippen molar-refractivity contribution in [3.05, 3.63) is 94.5 Å². The molecule has 0 radical (unpaired) electrons. The van der Waals surface area contributed by atoms with E-state index in [0.717, 1.165) is 0 Å². The first-order valence-corrected chi connectivity index (χ1v) is 11.0. The third kappa shape index (κ3) is 4.16. The Morgan fingerprint density at radius 3 is 1.81 bits per heavy atom. The molecule has 4 aromatic rings. The Morgan fingerprint density at radius 2 is 1.14 bits per heavy atom. The topological polar surface area (TPSA) is 151 Å². The fourth-order valence-electron chi connectivity index (χ4n) is 4.45. The number of hydrogen-bond donors (Lipinski definition) is 7. The first kappa shape index (κ1) is 22.8. The van der Waals surface area contributed by atoms with Crippen LogP contribution < -0.4 is 4.74 Å². The maximum Gasteiger partial charge on any atom is 0.157 e. The lowest BCUT2D eigenvalue weighted by atomic mass is 9.84. The van der Waals surface area contributed by atoms with Gasteiger partial charge in [-0.25, -0.2) is 0 Å². The minimum absolute atomic E-state index is 0.0842. The second-order valence-electron chi connectivity index (χ2n) is 8.58. The summed E-state index contributed by atoms with van der Waals surface area (Å²) in [5, 5.41) is 70.2. The van der Waals surface area contributed by atoms with E-state index < -0.39 is 12.0 Å². The Morgan fingerprint density at radius 1 is 0.528 bits per heavy atom. The average molecular weight is 486 g/mol. The third-order valence-corrected chi connectivity index (χ3v) is 6.09. The largest absolute Gasteiger partial charge is 0.508 e. The van der Waals surface area contributed by atoms with Crippen LogP contribution in [0.3, 0.4) is 0 Å². The van der Waals surface area contributed by atoms with Gasteiger partial charge in [-0.2, -0.15) is 0 Å². The van der Waals surface area contributed by atoms with Crippen LogP contribution >= 0.6 is 0 Å². The molecule has 36 heavy (non-hydrogen) atoms. The lowest BCUT2D eigenvalue weighted by Crippen LogP contribution is -2.11. The first-order chi connectivity index (χ1) is 17.2. The third-order valence-electron chi connectivity index (χ3n) is 6.09. The smallest absolute Gasteiger partial charge is 0.157 e. The van der Waals surface area contributed by atoms with Crippen molar-refractivity contribution in [2.45, 2.75) is 12.0 Å². The summed E-state index contributed by atoms with van der Waals surface area (Å²) in [6, 6.07) is 16.0. The monoisotopic (exact) mass is 486 g/mol. The fourth-order valence-corrected chi connectivity index (χ4v) is 4.45. The SMILES string of the molecule is Oc1cc(O)cc([C@H]2c3c(O)cc(C=Cc4ccc(O)c(O)c4)cc3O[C@@H]2c2ccc(O)c(O)c2)c1. The van der Waals surface area contributed by atoms with Crippen LogP contribution in [0, 0.1) is 0 Å². The average Bonchev–Trinajstić information content (AvgIpc) is 3.21. The number of phenols is 7. The molecule has 0 bridgehead atoms. The van der Waals surface area contributed by atoms with Gasteiger partial charge in [0.15, 0.2) is 23.0 Å². The highest BCUT2D eigenvalue weighted by molar-refractivity contribution is 5.73. The van der Waals surface area contributed by atoms with Gasteiger partial charge < -0.3 is 40.5 Å². The standard InChI is InChI=1S/C28H22O8/c29-18-10-17(11-19(30)13-18)26-27-24(35)8-15(2-1-14-3-5-20(31)22(33)7-14)9-25(27)36-28(26)16-4-6-21(32)23(34)12-16/h1-13,26,28-35H/t26-,28+/m0/s1. The number of aromatic hydroxyl groups is 7. The van der Waals surface area contributed by atoms with E-state index in [1.807, 2.05) is 0 Å². The summed E-state index contributed by atoms with van der Waals surface area (Å²) < 4.78 is 6.22. The molecule has 1 aliphatic heterocycles. The van der Waals surface area contributed by atoms with Gasteiger partial charge in [-0.3, -0.25) is 0 Å². The summed E-state index contributed by atoms with van der Waals surface area (Å²) in [7, 11) is 0. The molecule has 0 unspecified atom stereocenters. The Labute approximate surface area is 205 Å². The van der Waals surface area contributed by atoms with Crippen LogP contribution in [0.5, 0.6) is 46.0 Å². The molecule has 7 N–H and O–H groups in total. The van der Waals surface area contributed by atoms with Crippen molar-refractivity contribution in [2.24, 2.45) is 0 Å². The predicted octanol–water partition coefficient (Wildman–Crippen LogP) is 5.06. The van der Waals surface area contributed by atoms with Crippen LogP contribution in [0.15, 0.2) is 66.7 Å². The minimum Gasteiger partial charge on any atom is -0.508 e. The van der Waals surface area contributed by atoms with E-state index in [9.17, 15) is 35.7 Å². The molecule has 2 atom stereocenters. The molecule has 1 heterocycles. The Balaban J connectivity index is 1.59. The van der Waals surface area contributed by atoms with E-state index in [1.54, 1.807) is 30.4 Å².